The molecule has 1 atom stereocenters. The Morgan fingerprint density at radius 3 is 2.50 bits per heavy atom. The third-order valence-electron chi connectivity index (χ3n) is 2.50. The van der Waals surface area contributed by atoms with Crippen molar-refractivity contribution in [3.8, 4) is 6.07 Å². The third kappa shape index (κ3) is 4.52. The van der Waals surface area contributed by atoms with Crippen LogP contribution in [0, 0.1) is 11.3 Å². The van der Waals surface area contributed by atoms with Crippen molar-refractivity contribution >= 4 is 27.8 Å². The van der Waals surface area contributed by atoms with E-state index in [1.807, 2.05) is 12.3 Å². The van der Waals surface area contributed by atoms with Gasteiger partial charge in [-0.25, -0.2) is 8.42 Å². The quantitative estimate of drug-likeness (QED) is 0.778. The lowest BCUT2D eigenvalue weighted by Crippen LogP contribution is -2.41. The molecule has 0 aliphatic heterocycles. The van der Waals surface area contributed by atoms with Gasteiger partial charge in [0.1, 0.15) is 6.04 Å². The Bertz CT molecular complexity index is 605. The van der Waals surface area contributed by atoms with Crippen LogP contribution in [0.4, 0.5) is 0 Å². The maximum absolute atomic E-state index is 12.0. The maximum atomic E-state index is 12.0. The van der Waals surface area contributed by atoms with Gasteiger partial charge in [0.05, 0.1) is 16.5 Å². The third-order valence-corrected chi connectivity index (χ3v) is 4.63. The molecular formula is C12H14N2O4S2. The monoisotopic (exact) mass is 314 g/mol. The molecule has 0 amide bonds. The molecule has 1 aromatic rings. The highest BCUT2D eigenvalue weighted by Gasteiger charge is 2.24. The summed E-state index contributed by atoms with van der Waals surface area (Å²) in [7, 11) is -3.91. The number of benzene rings is 1. The zero-order valence-corrected chi connectivity index (χ0v) is 12.4. The summed E-state index contributed by atoms with van der Waals surface area (Å²) in [6.07, 6.45) is 2.01. The molecule has 0 saturated heterocycles. The lowest BCUT2D eigenvalue weighted by molar-refractivity contribution is -0.139. The second kappa shape index (κ2) is 7.28. The number of carboxylic acids is 1. The highest BCUT2D eigenvalue weighted by Crippen LogP contribution is 2.12. The molecular weight excluding hydrogens is 300 g/mol. The van der Waals surface area contributed by atoms with Crippen molar-refractivity contribution in [2.45, 2.75) is 17.4 Å². The van der Waals surface area contributed by atoms with Gasteiger partial charge < -0.3 is 5.11 Å². The van der Waals surface area contributed by atoms with Crippen molar-refractivity contribution in [1.29, 1.82) is 5.26 Å². The van der Waals surface area contributed by atoms with Crippen molar-refractivity contribution in [3.05, 3.63) is 29.8 Å². The minimum absolute atomic E-state index is 0.0631. The van der Waals surface area contributed by atoms with E-state index < -0.39 is 22.0 Å². The average Bonchev–Trinajstić information content (AvgIpc) is 2.43. The number of rotatable bonds is 7. The number of thioether (sulfide) groups is 1. The first kappa shape index (κ1) is 16.5. The van der Waals surface area contributed by atoms with Gasteiger partial charge in [0.2, 0.25) is 10.0 Å². The van der Waals surface area contributed by atoms with E-state index in [1.54, 1.807) is 0 Å². The Morgan fingerprint density at radius 2 is 2.05 bits per heavy atom. The summed E-state index contributed by atoms with van der Waals surface area (Å²) in [4.78, 5) is 11.0. The molecule has 6 nitrogen and oxygen atoms in total. The van der Waals surface area contributed by atoms with Crippen molar-refractivity contribution in [2.24, 2.45) is 0 Å². The summed E-state index contributed by atoms with van der Waals surface area (Å²) >= 11 is 1.44. The molecule has 2 N–H and O–H groups in total. The molecule has 8 heteroatoms. The molecule has 0 aliphatic carbocycles. The van der Waals surface area contributed by atoms with Crippen molar-refractivity contribution in [3.63, 3.8) is 0 Å². The van der Waals surface area contributed by atoms with E-state index in [2.05, 4.69) is 4.72 Å². The Balaban J connectivity index is 2.91. The maximum Gasteiger partial charge on any atom is 0.321 e. The molecule has 1 aromatic carbocycles. The number of nitrogens with one attached hydrogen (secondary N) is 1. The topological polar surface area (TPSA) is 107 Å². The van der Waals surface area contributed by atoms with E-state index in [0.717, 1.165) is 0 Å². The van der Waals surface area contributed by atoms with Gasteiger partial charge in [-0.1, -0.05) is 0 Å². The van der Waals surface area contributed by atoms with Crippen LogP contribution in [0.5, 0.6) is 0 Å². The fourth-order valence-corrected chi connectivity index (χ4v) is 3.13. The molecule has 1 rings (SSSR count). The van der Waals surface area contributed by atoms with Gasteiger partial charge in [0.15, 0.2) is 0 Å². The molecule has 0 saturated carbocycles. The second-order valence-electron chi connectivity index (χ2n) is 3.93. The predicted molar refractivity (Wildman–Crippen MR) is 75.9 cm³/mol. The normalized spacial score (nSPS) is 12.6. The molecule has 108 valence electrons. The summed E-state index contributed by atoms with van der Waals surface area (Å²) in [5.41, 5.74) is 0.334. The number of aliphatic carboxylic acids is 1. The van der Waals surface area contributed by atoms with Crippen LogP contribution >= 0.6 is 11.8 Å². The number of hydrogen-bond donors (Lipinski definition) is 2. The Hall–Kier alpha value is -1.56. The van der Waals surface area contributed by atoms with Gasteiger partial charge in [-0.2, -0.15) is 21.7 Å². The van der Waals surface area contributed by atoms with Crippen LogP contribution < -0.4 is 4.72 Å². The predicted octanol–water partition coefficient (Wildman–Crippen LogP) is 1.04. The summed E-state index contributed by atoms with van der Waals surface area (Å²) in [5, 5.41) is 17.7. The smallest absolute Gasteiger partial charge is 0.321 e. The molecule has 0 aromatic heterocycles. The van der Waals surface area contributed by atoms with Gasteiger partial charge in [0, 0.05) is 0 Å². The SMILES string of the molecule is CSCC[C@H](NS(=O)(=O)c1ccc(C#N)cc1)C(=O)O. The number of carboxylic acid groups (broad SMARTS) is 1. The van der Waals surface area contributed by atoms with Gasteiger partial charge >= 0.3 is 5.97 Å². The van der Waals surface area contributed by atoms with Crippen LogP contribution in [-0.4, -0.2) is 37.5 Å². The van der Waals surface area contributed by atoms with Gasteiger partial charge in [-0.3, -0.25) is 4.79 Å². The van der Waals surface area contributed by atoms with E-state index >= 15 is 0 Å². The van der Waals surface area contributed by atoms with E-state index in [4.69, 9.17) is 10.4 Å². The number of hydrogen-bond acceptors (Lipinski definition) is 5. The molecule has 0 unspecified atom stereocenters. The molecule has 20 heavy (non-hydrogen) atoms. The molecule has 0 radical (unpaired) electrons. The van der Waals surface area contributed by atoms with Crippen molar-refractivity contribution < 1.29 is 18.3 Å². The molecule has 0 bridgehead atoms. The zero-order valence-electron chi connectivity index (χ0n) is 10.7. The Kier molecular flexibility index (Phi) is 6.01. The minimum atomic E-state index is -3.91. The van der Waals surface area contributed by atoms with Crippen LogP contribution in [0.15, 0.2) is 29.2 Å². The average molecular weight is 314 g/mol. The number of carbonyl (C=O) groups is 1. The first-order valence-corrected chi connectivity index (χ1v) is 8.52. The minimum Gasteiger partial charge on any atom is -0.480 e. The largest absolute Gasteiger partial charge is 0.480 e. The zero-order chi connectivity index (χ0) is 15.2. The van der Waals surface area contributed by atoms with Gasteiger partial charge in [-0.05, 0) is 42.7 Å². The Morgan fingerprint density at radius 1 is 1.45 bits per heavy atom. The molecule has 0 spiro atoms. The van der Waals surface area contributed by atoms with E-state index in [0.29, 0.717) is 11.3 Å². The lowest BCUT2D eigenvalue weighted by Gasteiger charge is -2.14. The van der Waals surface area contributed by atoms with E-state index in [1.165, 1.54) is 36.0 Å². The summed E-state index contributed by atoms with van der Waals surface area (Å²) < 4.78 is 26.2. The molecule has 0 aliphatic rings. The summed E-state index contributed by atoms with van der Waals surface area (Å²) in [5.74, 6) is -0.677. The highest BCUT2D eigenvalue weighted by molar-refractivity contribution is 7.98. The van der Waals surface area contributed by atoms with Crippen molar-refractivity contribution in [1.82, 2.24) is 4.72 Å². The van der Waals surface area contributed by atoms with Crippen LogP contribution in [-0.2, 0) is 14.8 Å². The Labute approximate surface area is 121 Å². The van der Waals surface area contributed by atoms with E-state index in [9.17, 15) is 13.2 Å². The standard InChI is InChI=1S/C12H14N2O4S2/c1-19-7-6-11(12(15)16)14-20(17,18)10-4-2-9(8-13)3-5-10/h2-5,11,14H,6-7H2,1H3,(H,15,16)/t11-/m0/s1. The molecule has 0 heterocycles. The van der Waals surface area contributed by atoms with Crippen molar-refractivity contribution in [2.75, 3.05) is 12.0 Å². The number of nitriles is 1. The first-order chi connectivity index (χ1) is 9.40. The highest BCUT2D eigenvalue weighted by atomic mass is 32.2. The second-order valence-corrected chi connectivity index (χ2v) is 6.63. The number of sulfonamides is 1. The molecule has 0 fully saturated rings. The van der Waals surface area contributed by atoms with E-state index in [-0.39, 0.29) is 11.3 Å². The van der Waals surface area contributed by atoms with Crippen LogP contribution in [0.2, 0.25) is 0 Å². The van der Waals surface area contributed by atoms with Gasteiger partial charge in [-0.15, -0.1) is 0 Å². The first-order valence-electron chi connectivity index (χ1n) is 5.65. The fourth-order valence-electron chi connectivity index (χ4n) is 1.43. The van der Waals surface area contributed by atoms with Gasteiger partial charge in [0.25, 0.3) is 0 Å². The summed E-state index contributed by atoms with van der Waals surface area (Å²) in [6, 6.07) is 6.00. The lowest BCUT2D eigenvalue weighted by atomic mass is 10.2. The fraction of sp³-hybridized carbons (Fsp3) is 0.333. The summed E-state index contributed by atoms with van der Waals surface area (Å²) in [6.45, 7) is 0. The van der Waals surface area contributed by atoms with Crippen LogP contribution in [0.3, 0.4) is 0 Å². The van der Waals surface area contributed by atoms with Crippen LogP contribution in [0.1, 0.15) is 12.0 Å². The van der Waals surface area contributed by atoms with Crippen LogP contribution in [0.25, 0.3) is 0 Å². The number of nitrogens with zero attached hydrogens (tertiary/aromatic N) is 1.